The number of carboxylic acid groups (broad SMARTS) is 1. The molecule has 1 aliphatic carbocycles. The van der Waals surface area contributed by atoms with E-state index in [0.29, 0.717) is 18.1 Å². The summed E-state index contributed by atoms with van der Waals surface area (Å²) in [6.07, 6.45) is -4.38. The Balaban J connectivity index is 2.24. The molecule has 2 rings (SSSR count). The van der Waals surface area contributed by atoms with Crippen molar-refractivity contribution >= 4 is 5.97 Å². The summed E-state index contributed by atoms with van der Waals surface area (Å²) in [6.45, 7) is 0. The summed E-state index contributed by atoms with van der Waals surface area (Å²) in [6, 6.07) is 2.57. The molecule has 0 aliphatic heterocycles. The molecule has 1 N–H and O–H groups in total. The van der Waals surface area contributed by atoms with Crippen molar-refractivity contribution in [1.82, 2.24) is 0 Å². The molecule has 2 atom stereocenters. The van der Waals surface area contributed by atoms with E-state index >= 15 is 0 Å². The van der Waals surface area contributed by atoms with Crippen LogP contribution in [-0.2, 0) is 11.0 Å². The second-order valence-electron chi connectivity index (χ2n) is 4.02. The number of alkyl halides is 3. The largest absolute Gasteiger partial charge is 0.481 e. The number of aliphatic carboxylic acids is 1. The van der Waals surface area contributed by atoms with E-state index in [0.717, 1.165) is 12.1 Å². The highest BCUT2D eigenvalue weighted by molar-refractivity contribution is 5.75. The van der Waals surface area contributed by atoms with Crippen LogP contribution < -0.4 is 0 Å². The summed E-state index contributed by atoms with van der Waals surface area (Å²) in [5.74, 6) is -3.34. The molecule has 0 radical (unpaired) electrons. The molecule has 6 heteroatoms. The third kappa shape index (κ3) is 2.25. The molecule has 1 saturated carbocycles. The minimum atomic E-state index is -4.72. The molecule has 1 aromatic rings. The summed E-state index contributed by atoms with van der Waals surface area (Å²) < 4.78 is 50.0. The summed E-state index contributed by atoms with van der Waals surface area (Å²) in [7, 11) is 0. The van der Waals surface area contributed by atoms with Gasteiger partial charge in [-0.3, -0.25) is 4.79 Å². The first kappa shape index (κ1) is 11.9. The van der Waals surface area contributed by atoms with Crippen LogP contribution in [0.15, 0.2) is 18.2 Å². The summed E-state index contributed by atoms with van der Waals surface area (Å²) >= 11 is 0. The van der Waals surface area contributed by atoms with E-state index in [-0.39, 0.29) is 5.92 Å². The molecule has 0 heterocycles. The normalized spacial score (nSPS) is 23.5. The zero-order valence-electron chi connectivity index (χ0n) is 8.46. The Morgan fingerprint density at radius 3 is 2.41 bits per heavy atom. The van der Waals surface area contributed by atoms with Crippen LogP contribution in [0.2, 0.25) is 0 Å². The lowest BCUT2D eigenvalue weighted by molar-refractivity contribution is -0.140. The van der Waals surface area contributed by atoms with Crippen LogP contribution in [0, 0.1) is 11.7 Å². The second-order valence-corrected chi connectivity index (χ2v) is 4.02. The number of halogens is 4. The Kier molecular flexibility index (Phi) is 2.60. The number of hydrogen-bond acceptors (Lipinski definition) is 1. The van der Waals surface area contributed by atoms with Crippen LogP contribution in [0.1, 0.15) is 23.5 Å². The van der Waals surface area contributed by atoms with Crippen LogP contribution in [-0.4, -0.2) is 11.1 Å². The summed E-state index contributed by atoms with van der Waals surface area (Å²) in [5.41, 5.74) is -1.02. The molecule has 2 unspecified atom stereocenters. The molecule has 17 heavy (non-hydrogen) atoms. The van der Waals surface area contributed by atoms with Gasteiger partial charge in [0.2, 0.25) is 0 Å². The molecule has 0 aromatic heterocycles. The fourth-order valence-corrected chi connectivity index (χ4v) is 1.83. The number of carbonyl (C=O) groups is 1. The maximum atomic E-state index is 13.2. The average molecular weight is 248 g/mol. The van der Waals surface area contributed by atoms with Crippen molar-refractivity contribution in [2.24, 2.45) is 5.92 Å². The lowest BCUT2D eigenvalue weighted by Gasteiger charge is -2.09. The average Bonchev–Trinajstić information content (AvgIpc) is 2.94. The Morgan fingerprint density at radius 2 is 2.00 bits per heavy atom. The quantitative estimate of drug-likeness (QED) is 0.817. The highest BCUT2D eigenvalue weighted by Crippen LogP contribution is 2.48. The highest BCUT2D eigenvalue weighted by atomic mass is 19.4. The van der Waals surface area contributed by atoms with Crippen molar-refractivity contribution < 1.29 is 27.5 Å². The monoisotopic (exact) mass is 248 g/mol. The van der Waals surface area contributed by atoms with Gasteiger partial charge in [0, 0.05) is 0 Å². The van der Waals surface area contributed by atoms with Crippen molar-refractivity contribution in [2.45, 2.75) is 18.5 Å². The van der Waals surface area contributed by atoms with Crippen LogP contribution in [0.5, 0.6) is 0 Å². The molecular weight excluding hydrogens is 240 g/mol. The van der Waals surface area contributed by atoms with Gasteiger partial charge in [0.05, 0.1) is 11.5 Å². The Morgan fingerprint density at radius 1 is 1.35 bits per heavy atom. The van der Waals surface area contributed by atoms with Crippen LogP contribution >= 0.6 is 0 Å². The predicted octanol–water partition coefficient (Wildman–Crippen LogP) is 3.03. The van der Waals surface area contributed by atoms with E-state index in [1.165, 1.54) is 0 Å². The molecule has 0 spiro atoms. The fraction of sp³-hybridized carbons (Fsp3) is 0.364. The van der Waals surface area contributed by atoms with Gasteiger partial charge in [0.15, 0.2) is 0 Å². The Hall–Kier alpha value is -1.59. The first-order chi connectivity index (χ1) is 7.80. The van der Waals surface area contributed by atoms with Crippen LogP contribution in [0.3, 0.4) is 0 Å². The van der Waals surface area contributed by atoms with Gasteiger partial charge in [-0.2, -0.15) is 13.2 Å². The van der Waals surface area contributed by atoms with Gasteiger partial charge in [-0.05, 0) is 30.0 Å². The fourth-order valence-electron chi connectivity index (χ4n) is 1.83. The minimum Gasteiger partial charge on any atom is -0.481 e. The van der Waals surface area contributed by atoms with Crippen molar-refractivity contribution in [2.75, 3.05) is 0 Å². The van der Waals surface area contributed by atoms with Crippen molar-refractivity contribution in [3.8, 4) is 0 Å². The molecule has 2 nitrogen and oxygen atoms in total. The van der Waals surface area contributed by atoms with E-state index in [4.69, 9.17) is 5.11 Å². The van der Waals surface area contributed by atoms with Crippen molar-refractivity contribution in [1.29, 1.82) is 0 Å². The second kappa shape index (κ2) is 3.72. The first-order valence-electron chi connectivity index (χ1n) is 4.90. The van der Waals surface area contributed by atoms with Crippen LogP contribution in [0.25, 0.3) is 0 Å². The van der Waals surface area contributed by atoms with Gasteiger partial charge in [-0.1, -0.05) is 6.07 Å². The topological polar surface area (TPSA) is 37.3 Å². The van der Waals surface area contributed by atoms with E-state index < -0.39 is 29.4 Å². The summed E-state index contributed by atoms with van der Waals surface area (Å²) in [4.78, 5) is 10.6. The van der Waals surface area contributed by atoms with Gasteiger partial charge in [-0.15, -0.1) is 0 Å². The molecule has 92 valence electrons. The van der Waals surface area contributed by atoms with E-state index in [1.54, 1.807) is 0 Å². The van der Waals surface area contributed by atoms with E-state index in [2.05, 4.69) is 0 Å². The van der Waals surface area contributed by atoms with Gasteiger partial charge in [0.1, 0.15) is 5.82 Å². The van der Waals surface area contributed by atoms with Crippen molar-refractivity contribution in [3.05, 3.63) is 35.1 Å². The standard InChI is InChI=1S/C11H8F4O2/c12-9-3-5(6-4-7(6)10(16)17)1-2-8(9)11(13,14)15/h1-3,6-7H,4H2,(H,16,17). The Bertz CT molecular complexity index is 467. The number of benzene rings is 1. The molecule has 1 fully saturated rings. The van der Waals surface area contributed by atoms with Gasteiger partial charge in [-0.25, -0.2) is 4.39 Å². The maximum Gasteiger partial charge on any atom is 0.419 e. The molecule has 0 bridgehead atoms. The molecule has 1 aromatic carbocycles. The lowest BCUT2D eigenvalue weighted by atomic mass is 10.1. The number of hydrogen-bond donors (Lipinski definition) is 1. The zero-order valence-corrected chi connectivity index (χ0v) is 8.46. The highest BCUT2D eigenvalue weighted by Gasteiger charge is 2.45. The maximum absolute atomic E-state index is 13.2. The third-order valence-electron chi connectivity index (χ3n) is 2.83. The zero-order chi connectivity index (χ0) is 12.8. The first-order valence-corrected chi connectivity index (χ1v) is 4.90. The smallest absolute Gasteiger partial charge is 0.419 e. The molecule has 0 saturated heterocycles. The third-order valence-corrected chi connectivity index (χ3v) is 2.83. The molecular formula is C11H8F4O2. The van der Waals surface area contributed by atoms with Crippen molar-refractivity contribution in [3.63, 3.8) is 0 Å². The van der Waals surface area contributed by atoms with Gasteiger partial charge < -0.3 is 5.11 Å². The lowest BCUT2D eigenvalue weighted by Crippen LogP contribution is -2.08. The summed E-state index contributed by atoms with van der Waals surface area (Å²) in [5, 5.41) is 8.66. The molecule has 1 aliphatic rings. The number of rotatable bonds is 2. The minimum absolute atomic E-state index is 0.308. The van der Waals surface area contributed by atoms with Gasteiger partial charge >= 0.3 is 12.1 Å². The molecule has 0 amide bonds. The predicted molar refractivity (Wildman–Crippen MR) is 49.9 cm³/mol. The van der Waals surface area contributed by atoms with Gasteiger partial charge in [0.25, 0.3) is 0 Å². The Labute approximate surface area is 93.9 Å². The SMILES string of the molecule is O=C(O)C1CC1c1ccc(C(F)(F)F)c(F)c1. The van der Waals surface area contributed by atoms with Crippen LogP contribution in [0.4, 0.5) is 17.6 Å². The number of carboxylic acids is 1. The van der Waals surface area contributed by atoms with E-state index in [1.807, 2.05) is 0 Å². The van der Waals surface area contributed by atoms with E-state index in [9.17, 15) is 22.4 Å².